The van der Waals surface area contributed by atoms with Gasteiger partial charge in [-0.3, -0.25) is 4.79 Å². The molecule has 154 valence electrons. The molecule has 2 aromatic carbocycles. The fourth-order valence-corrected chi connectivity index (χ4v) is 3.27. The number of fused-ring (bicyclic) bond motifs is 1. The minimum absolute atomic E-state index is 0.0666. The zero-order valence-corrected chi connectivity index (χ0v) is 18.6. The second kappa shape index (κ2) is 9.59. The lowest BCUT2D eigenvalue weighted by atomic mass is 10.1. The summed E-state index contributed by atoms with van der Waals surface area (Å²) in [6.07, 6.45) is 7.68. The summed E-state index contributed by atoms with van der Waals surface area (Å²) in [5.74, 6) is 4.19. The zero-order chi connectivity index (χ0) is 21.7. The van der Waals surface area contributed by atoms with Crippen LogP contribution in [-0.4, -0.2) is 29.6 Å². The highest BCUT2D eigenvalue weighted by atomic mass is 79.9. The highest BCUT2D eigenvalue weighted by molar-refractivity contribution is 9.10. The van der Waals surface area contributed by atoms with Crippen molar-refractivity contribution in [1.29, 1.82) is 0 Å². The molecule has 1 heterocycles. The molecule has 0 saturated carbocycles. The molecule has 3 aromatic rings. The van der Waals surface area contributed by atoms with Crippen molar-refractivity contribution in [3.63, 3.8) is 0 Å². The normalized spacial score (nSPS) is 12.1. The van der Waals surface area contributed by atoms with Crippen LogP contribution < -0.4 is 15.0 Å². The average molecular weight is 468 g/mol. The van der Waals surface area contributed by atoms with Crippen molar-refractivity contribution in [3.8, 4) is 23.8 Å². The molecule has 0 amide bonds. The first kappa shape index (κ1) is 21.6. The molecule has 0 fully saturated rings. The number of hydrogen-bond acceptors (Lipinski definition) is 5. The summed E-state index contributed by atoms with van der Waals surface area (Å²) >= 11 is 3.42. The van der Waals surface area contributed by atoms with Crippen LogP contribution in [0.5, 0.6) is 11.5 Å². The van der Waals surface area contributed by atoms with E-state index in [2.05, 4.69) is 33.9 Å². The minimum atomic E-state index is -0.214. The van der Waals surface area contributed by atoms with E-state index in [1.54, 1.807) is 31.5 Å². The van der Waals surface area contributed by atoms with E-state index in [0.717, 1.165) is 16.5 Å². The van der Waals surface area contributed by atoms with Gasteiger partial charge >= 0.3 is 0 Å². The second-order valence-electron chi connectivity index (χ2n) is 6.71. The lowest BCUT2D eigenvalue weighted by Crippen LogP contribution is -2.23. The number of methoxy groups -OCH3 is 1. The molecule has 0 N–H and O–H groups in total. The summed E-state index contributed by atoms with van der Waals surface area (Å²) in [7, 11) is 1.55. The highest BCUT2D eigenvalue weighted by Crippen LogP contribution is 2.27. The van der Waals surface area contributed by atoms with E-state index >= 15 is 0 Å². The number of aromatic nitrogens is 2. The Labute approximate surface area is 183 Å². The van der Waals surface area contributed by atoms with E-state index in [0.29, 0.717) is 28.2 Å². The maximum absolute atomic E-state index is 13.2. The first-order valence-corrected chi connectivity index (χ1v) is 10.3. The van der Waals surface area contributed by atoms with Gasteiger partial charge in [-0.25, -0.2) is 4.98 Å². The van der Waals surface area contributed by atoms with Crippen LogP contribution in [0.3, 0.4) is 0 Å². The number of benzene rings is 2. The van der Waals surface area contributed by atoms with Crippen molar-refractivity contribution in [2.24, 2.45) is 5.10 Å². The Morgan fingerprint density at radius 1 is 1.30 bits per heavy atom. The molecule has 0 aliphatic heterocycles. The highest BCUT2D eigenvalue weighted by Gasteiger charge is 2.15. The van der Waals surface area contributed by atoms with E-state index in [1.165, 1.54) is 4.68 Å². The lowest BCUT2D eigenvalue weighted by Gasteiger charge is -2.14. The Hall–Kier alpha value is -3.11. The number of rotatable bonds is 7. The summed E-state index contributed by atoms with van der Waals surface area (Å²) < 4.78 is 13.0. The predicted octanol–water partition coefficient (Wildman–Crippen LogP) is 4.58. The molecule has 3 rings (SSSR count). The monoisotopic (exact) mass is 467 g/mol. The average Bonchev–Trinajstić information content (AvgIpc) is 2.76. The molecule has 0 bridgehead atoms. The molecule has 0 radical (unpaired) electrons. The van der Waals surface area contributed by atoms with Crippen molar-refractivity contribution >= 4 is 33.0 Å². The van der Waals surface area contributed by atoms with Crippen LogP contribution in [0.1, 0.15) is 37.6 Å². The topological polar surface area (TPSA) is 65.7 Å². The van der Waals surface area contributed by atoms with Crippen LogP contribution in [0.2, 0.25) is 0 Å². The summed E-state index contributed by atoms with van der Waals surface area (Å²) in [4.78, 5) is 17.9. The maximum atomic E-state index is 13.2. The number of ether oxygens (including phenoxy) is 2. The largest absolute Gasteiger partial charge is 0.493 e. The lowest BCUT2D eigenvalue weighted by molar-refractivity contribution is 0.331. The van der Waals surface area contributed by atoms with E-state index < -0.39 is 0 Å². The van der Waals surface area contributed by atoms with E-state index in [4.69, 9.17) is 20.9 Å². The van der Waals surface area contributed by atoms with Crippen molar-refractivity contribution in [2.75, 3.05) is 13.7 Å². The molecular formula is C23H22BrN3O3. The van der Waals surface area contributed by atoms with Crippen LogP contribution >= 0.6 is 15.9 Å². The minimum Gasteiger partial charge on any atom is -0.493 e. The van der Waals surface area contributed by atoms with Gasteiger partial charge in [0.05, 0.1) is 24.2 Å². The number of hydrogen-bond donors (Lipinski definition) is 0. The third-order valence-corrected chi connectivity index (χ3v) is 5.20. The second-order valence-corrected chi connectivity index (χ2v) is 7.62. The fraction of sp³-hybridized carbons (Fsp3) is 0.261. The van der Waals surface area contributed by atoms with E-state index in [9.17, 15) is 4.79 Å². The Balaban J connectivity index is 2.08. The van der Waals surface area contributed by atoms with Crippen LogP contribution in [-0.2, 0) is 0 Å². The number of halogens is 1. The molecule has 0 aliphatic carbocycles. The molecule has 30 heavy (non-hydrogen) atoms. The van der Waals surface area contributed by atoms with Gasteiger partial charge in [0, 0.05) is 10.4 Å². The summed E-state index contributed by atoms with van der Waals surface area (Å²) in [6.45, 7) is 4.23. The fourth-order valence-electron chi connectivity index (χ4n) is 2.91. The third kappa shape index (κ3) is 4.55. The van der Waals surface area contributed by atoms with Gasteiger partial charge in [-0.1, -0.05) is 35.7 Å². The first-order chi connectivity index (χ1) is 14.5. The van der Waals surface area contributed by atoms with Gasteiger partial charge in [-0.2, -0.15) is 9.78 Å². The van der Waals surface area contributed by atoms with Crippen LogP contribution in [0.15, 0.2) is 50.8 Å². The molecular weight excluding hydrogens is 446 g/mol. The Morgan fingerprint density at radius 3 is 2.80 bits per heavy atom. The van der Waals surface area contributed by atoms with Crippen molar-refractivity contribution in [1.82, 2.24) is 9.66 Å². The van der Waals surface area contributed by atoms with Crippen molar-refractivity contribution < 1.29 is 9.47 Å². The molecule has 0 unspecified atom stereocenters. The smallest absolute Gasteiger partial charge is 0.282 e. The molecule has 0 aliphatic rings. The standard InChI is InChI=1S/C23H22BrN3O3/c1-5-11-30-20-10-7-16(12-21(20)29-4)14-25-27-22(15(3)6-2)26-19-9-8-17(24)13-18(19)23(27)28/h1,7-10,12-15H,6,11H2,2-4H3/t15-/m1/s1. The Bertz CT molecular complexity index is 1190. The van der Waals surface area contributed by atoms with Gasteiger partial charge < -0.3 is 9.47 Å². The van der Waals surface area contributed by atoms with Crippen molar-refractivity contribution in [3.05, 3.63) is 62.6 Å². The molecule has 6 nitrogen and oxygen atoms in total. The van der Waals surface area contributed by atoms with Gasteiger partial charge in [0.15, 0.2) is 11.5 Å². The summed E-state index contributed by atoms with van der Waals surface area (Å²) in [5, 5.41) is 4.97. The predicted molar refractivity (Wildman–Crippen MR) is 123 cm³/mol. The molecule has 1 aromatic heterocycles. The van der Waals surface area contributed by atoms with Gasteiger partial charge in [0.25, 0.3) is 5.56 Å². The Kier molecular flexibility index (Phi) is 6.91. The van der Waals surface area contributed by atoms with Crippen LogP contribution in [0.4, 0.5) is 0 Å². The van der Waals surface area contributed by atoms with Gasteiger partial charge in [0.2, 0.25) is 0 Å². The van der Waals surface area contributed by atoms with Crippen LogP contribution in [0, 0.1) is 12.3 Å². The summed E-state index contributed by atoms with van der Waals surface area (Å²) in [5.41, 5.74) is 1.19. The first-order valence-electron chi connectivity index (χ1n) is 9.49. The van der Waals surface area contributed by atoms with Crippen molar-refractivity contribution in [2.45, 2.75) is 26.2 Å². The van der Waals surface area contributed by atoms with Gasteiger partial charge in [-0.05, 0) is 48.4 Å². The number of nitrogens with zero attached hydrogens (tertiary/aromatic N) is 3. The molecule has 0 spiro atoms. The molecule has 1 atom stereocenters. The summed E-state index contributed by atoms with van der Waals surface area (Å²) in [6, 6.07) is 10.8. The third-order valence-electron chi connectivity index (χ3n) is 4.71. The SMILES string of the molecule is C#CCOc1ccc(C=Nn2c([C@H](C)CC)nc3ccc(Br)cc3c2=O)cc1OC. The zero-order valence-electron chi connectivity index (χ0n) is 17.1. The number of terminal acetylenes is 1. The van der Waals surface area contributed by atoms with Gasteiger partial charge in [-0.15, -0.1) is 6.42 Å². The molecule has 7 heteroatoms. The van der Waals surface area contributed by atoms with E-state index in [1.807, 2.05) is 25.1 Å². The van der Waals surface area contributed by atoms with Crippen LogP contribution in [0.25, 0.3) is 10.9 Å². The quantitative estimate of drug-likeness (QED) is 0.376. The van der Waals surface area contributed by atoms with E-state index in [-0.39, 0.29) is 18.1 Å². The Morgan fingerprint density at radius 2 is 2.10 bits per heavy atom. The van der Waals surface area contributed by atoms with Gasteiger partial charge in [0.1, 0.15) is 12.4 Å². The molecule has 0 saturated heterocycles. The maximum Gasteiger partial charge on any atom is 0.282 e.